The molecule has 2 bridgehead atoms. The van der Waals surface area contributed by atoms with Gasteiger partial charge >= 0.3 is 5.97 Å². The minimum atomic E-state index is -0.305. The Hall–Kier alpha value is -2.17. The number of hydrogen-bond acceptors (Lipinski definition) is 4. The molecule has 2 aliphatic rings. The van der Waals surface area contributed by atoms with E-state index in [9.17, 15) is 4.79 Å². The number of carbonyl (C=O) groups excluding carboxylic acids is 1. The number of esters is 1. The Morgan fingerprint density at radius 1 is 1.15 bits per heavy atom. The minimum Gasteiger partial charge on any atom is -0.465 e. The van der Waals surface area contributed by atoms with Crippen LogP contribution < -0.4 is 0 Å². The summed E-state index contributed by atoms with van der Waals surface area (Å²) in [5, 5.41) is 0. The summed E-state index contributed by atoms with van der Waals surface area (Å²) < 4.78 is 11.0. The maximum absolute atomic E-state index is 12.0. The number of ether oxygens (including phenoxy) is 2. The zero-order valence-corrected chi connectivity index (χ0v) is 15.4. The molecule has 0 N–H and O–H groups in total. The van der Waals surface area contributed by atoms with Crippen molar-refractivity contribution in [2.75, 3.05) is 13.7 Å². The highest BCUT2D eigenvalue weighted by molar-refractivity contribution is 5.97. The molecule has 2 saturated heterocycles. The second-order valence-corrected chi connectivity index (χ2v) is 7.45. The second kappa shape index (κ2) is 7.22. The summed E-state index contributed by atoms with van der Waals surface area (Å²) in [4.78, 5) is 14.4. The number of nitrogens with zero attached hydrogens (tertiary/aromatic N) is 1. The number of fused-ring (bicyclic) bond motifs is 2. The van der Waals surface area contributed by atoms with Crippen LogP contribution >= 0.6 is 0 Å². The molecule has 0 spiro atoms. The summed E-state index contributed by atoms with van der Waals surface area (Å²) in [5.41, 5.74) is 3.80. The van der Waals surface area contributed by atoms with E-state index in [2.05, 4.69) is 36.1 Å². The van der Waals surface area contributed by atoms with Crippen molar-refractivity contribution in [1.82, 2.24) is 4.90 Å². The minimum absolute atomic E-state index is 0.267. The number of rotatable bonds is 4. The summed E-state index contributed by atoms with van der Waals surface area (Å²) in [7, 11) is 1.41. The Morgan fingerprint density at radius 2 is 1.92 bits per heavy atom. The predicted octanol–water partition coefficient (Wildman–Crippen LogP) is 4.10. The van der Waals surface area contributed by atoms with Crippen LogP contribution in [0.5, 0.6) is 0 Å². The number of carbonyl (C=O) groups is 1. The Balaban J connectivity index is 1.51. The number of hydrogen-bond donors (Lipinski definition) is 0. The standard InChI is InChI=1S/C22H25NO3/c1-15-11-18-14-23(21(12-15)26-18)13-16-7-9-17(10-8-16)19-5-3-4-6-20(19)22(24)25-2/h3-10,15,18,21H,11-14H2,1-2H3/t15-,18+,21-/m0/s1. The quantitative estimate of drug-likeness (QED) is 0.778. The summed E-state index contributed by atoms with van der Waals surface area (Å²) in [6.07, 6.45) is 2.97. The fourth-order valence-electron chi connectivity index (χ4n) is 4.17. The van der Waals surface area contributed by atoms with Gasteiger partial charge in [-0.05, 0) is 41.5 Å². The van der Waals surface area contributed by atoms with Crippen LogP contribution in [0, 0.1) is 5.92 Å². The van der Waals surface area contributed by atoms with Crippen LogP contribution in [0.1, 0.15) is 35.7 Å². The molecule has 4 rings (SSSR count). The van der Waals surface area contributed by atoms with Gasteiger partial charge in [0.25, 0.3) is 0 Å². The largest absolute Gasteiger partial charge is 0.465 e. The van der Waals surface area contributed by atoms with Crippen molar-refractivity contribution < 1.29 is 14.3 Å². The van der Waals surface area contributed by atoms with Crippen molar-refractivity contribution in [3.05, 3.63) is 59.7 Å². The van der Waals surface area contributed by atoms with Crippen molar-refractivity contribution in [2.45, 2.75) is 38.6 Å². The zero-order chi connectivity index (χ0) is 18.1. The number of methoxy groups -OCH3 is 1. The molecule has 3 atom stereocenters. The molecule has 2 aromatic rings. The normalized spacial score (nSPS) is 25.2. The van der Waals surface area contributed by atoms with Crippen LogP contribution in [0.4, 0.5) is 0 Å². The third-order valence-corrected chi connectivity index (χ3v) is 5.45. The lowest BCUT2D eigenvalue weighted by Crippen LogP contribution is -2.31. The lowest BCUT2D eigenvalue weighted by molar-refractivity contribution is -0.0529. The van der Waals surface area contributed by atoms with Gasteiger partial charge in [-0.2, -0.15) is 0 Å². The molecule has 4 heteroatoms. The molecule has 0 aliphatic carbocycles. The predicted molar refractivity (Wildman–Crippen MR) is 101 cm³/mol. The molecule has 0 amide bonds. The topological polar surface area (TPSA) is 38.8 Å². The Labute approximate surface area is 154 Å². The zero-order valence-electron chi connectivity index (χ0n) is 15.4. The van der Waals surface area contributed by atoms with Gasteiger partial charge in [-0.15, -0.1) is 0 Å². The monoisotopic (exact) mass is 351 g/mol. The molecular formula is C22H25NO3. The molecule has 136 valence electrons. The van der Waals surface area contributed by atoms with Crippen molar-refractivity contribution >= 4 is 5.97 Å². The van der Waals surface area contributed by atoms with Gasteiger partial charge in [-0.3, -0.25) is 4.90 Å². The summed E-state index contributed by atoms with van der Waals surface area (Å²) in [6, 6.07) is 16.0. The first-order chi connectivity index (χ1) is 12.6. The van der Waals surface area contributed by atoms with Gasteiger partial charge in [0, 0.05) is 13.1 Å². The third-order valence-electron chi connectivity index (χ3n) is 5.45. The molecule has 26 heavy (non-hydrogen) atoms. The molecule has 0 aromatic heterocycles. The van der Waals surface area contributed by atoms with E-state index in [0.29, 0.717) is 11.7 Å². The molecule has 2 fully saturated rings. The molecular weight excluding hydrogens is 326 g/mol. The summed E-state index contributed by atoms with van der Waals surface area (Å²) in [5.74, 6) is 0.446. The molecule has 2 aromatic carbocycles. The first-order valence-corrected chi connectivity index (χ1v) is 9.30. The Bertz CT molecular complexity index is 786. The van der Waals surface area contributed by atoms with E-state index in [1.165, 1.54) is 19.1 Å². The Morgan fingerprint density at radius 3 is 2.69 bits per heavy atom. The van der Waals surface area contributed by atoms with E-state index in [1.807, 2.05) is 18.2 Å². The molecule has 0 saturated carbocycles. The van der Waals surface area contributed by atoms with Gasteiger partial charge in [-0.1, -0.05) is 49.4 Å². The van der Waals surface area contributed by atoms with Gasteiger partial charge in [0.1, 0.15) is 6.23 Å². The van der Waals surface area contributed by atoms with Crippen LogP contribution in [0.25, 0.3) is 11.1 Å². The van der Waals surface area contributed by atoms with E-state index in [4.69, 9.17) is 9.47 Å². The van der Waals surface area contributed by atoms with E-state index in [0.717, 1.165) is 36.6 Å². The SMILES string of the molecule is COC(=O)c1ccccc1-c1ccc(CN2C[C@H]3C[C@H](C)C[C@@H]2O3)cc1. The smallest absolute Gasteiger partial charge is 0.338 e. The van der Waals surface area contributed by atoms with E-state index < -0.39 is 0 Å². The van der Waals surface area contributed by atoms with Gasteiger partial charge in [0.2, 0.25) is 0 Å². The van der Waals surface area contributed by atoms with Crippen molar-refractivity contribution in [3.8, 4) is 11.1 Å². The lowest BCUT2D eigenvalue weighted by atomic mass is 9.98. The van der Waals surface area contributed by atoms with Gasteiger partial charge < -0.3 is 9.47 Å². The molecule has 2 aliphatic heterocycles. The van der Waals surface area contributed by atoms with Crippen LogP contribution in [-0.2, 0) is 16.0 Å². The number of likely N-dealkylation sites (tertiary alicyclic amines) is 1. The van der Waals surface area contributed by atoms with Crippen molar-refractivity contribution in [3.63, 3.8) is 0 Å². The molecule has 0 radical (unpaired) electrons. The molecule has 4 nitrogen and oxygen atoms in total. The average Bonchev–Trinajstić information content (AvgIpc) is 2.95. The maximum Gasteiger partial charge on any atom is 0.338 e. The van der Waals surface area contributed by atoms with Crippen LogP contribution in [0.3, 0.4) is 0 Å². The first kappa shape index (κ1) is 17.3. The summed E-state index contributed by atoms with van der Waals surface area (Å²) >= 11 is 0. The van der Waals surface area contributed by atoms with Crippen molar-refractivity contribution in [2.24, 2.45) is 5.92 Å². The molecule has 0 unspecified atom stereocenters. The van der Waals surface area contributed by atoms with Crippen molar-refractivity contribution in [1.29, 1.82) is 0 Å². The van der Waals surface area contributed by atoms with E-state index in [1.54, 1.807) is 6.07 Å². The van der Waals surface area contributed by atoms with E-state index in [-0.39, 0.29) is 12.2 Å². The number of benzene rings is 2. The van der Waals surface area contributed by atoms with Gasteiger partial charge in [-0.25, -0.2) is 4.79 Å². The highest BCUT2D eigenvalue weighted by Gasteiger charge is 2.38. The first-order valence-electron chi connectivity index (χ1n) is 9.30. The Kier molecular flexibility index (Phi) is 4.79. The second-order valence-electron chi connectivity index (χ2n) is 7.45. The third kappa shape index (κ3) is 3.39. The lowest BCUT2D eigenvalue weighted by Gasteiger charge is -2.27. The van der Waals surface area contributed by atoms with Gasteiger partial charge in [0.15, 0.2) is 0 Å². The highest BCUT2D eigenvalue weighted by atomic mass is 16.5. The fourth-order valence-corrected chi connectivity index (χ4v) is 4.17. The summed E-state index contributed by atoms with van der Waals surface area (Å²) in [6.45, 7) is 4.26. The highest BCUT2D eigenvalue weighted by Crippen LogP contribution is 2.34. The fraction of sp³-hybridized carbons (Fsp3) is 0.409. The maximum atomic E-state index is 12.0. The van der Waals surface area contributed by atoms with Crippen LogP contribution in [0.2, 0.25) is 0 Å². The average molecular weight is 351 g/mol. The van der Waals surface area contributed by atoms with Crippen LogP contribution in [0.15, 0.2) is 48.5 Å². The van der Waals surface area contributed by atoms with E-state index >= 15 is 0 Å². The van der Waals surface area contributed by atoms with Crippen LogP contribution in [-0.4, -0.2) is 36.9 Å². The van der Waals surface area contributed by atoms with Gasteiger partial charge in [0.05, 0.1) is 18.8 Å². The molecule has 2 heterocycles.